The van der Waals surface area contributed by atoms with Gasteiger partial charge in [-0.15, -0.1) is 12.0 Å². The predicted octanol–water partition coefficient (Wildman–Crippen LogP) is 8.03. The van der Waals surface area contributed by atoms with E-state index in [0.717, 1.165) is 66.0 Å². The minimum atomic E-state index is -4.40. The Kier molecular flexibility index (Phi) is 58.2. The summed E-state index contributed by atoms with van der Waals surface area (Å²) < 4.78 is 56.3. The summed E-state index contributed by atoms with van der Waals surface area (Å²) in [4.78, 5) is 2.01. The Morgan fingerprint density at radius 2 is 1.21 bits per heavy atom. The van der Waals surface area contributed by atoms with E-state index in [2.05, 4.69) is 71.3 Å². The van der Waals surface area contributed by atoms with Crippen molar-refractivity contribution in [2.75, 3.05) is 87.1 Å². The molecule has 89 heavy (non-hydrogen) atoms. The number of phenols is 1. The monoisotopic (exact) mass is 1280 g/mol. The van der Waals surface area contributed by atoms with Crippen LogP contribution in [0.15, 0.2) is 125 Å². The van der Waals surface area contributed by atoms with E-state index < -0.39 is 20.9 Å². The molecule has 2 heterocycles. The highest BCUT2D eigenvalue weighted by molar-refractivity contribution is 6.83. The third-order valence-corrected chi connectivity index (χ3v) is 11.6. The number of hydrogen-bond donors (Lipinski definition) is 13. The summed E-state index contributed by atoms with van der Waals surface area (Å²) in [5.74, 6) is 8.26. The summed E-state index contributed by atoms with van der Waals surface area (Å²) >= 11 is 0. The maximum atomic E-state index is 10.5. The molecule has 2 atom stereocenters. The molecule has 7 rings (SSSR count). The van der Waals surface area contributed by atoms with Crippen molar-refractivity contribution in [3.05, 3.63) is 149 Å². The lowest BCUT2D eigenvalue weighted by Crippen LogP contribution is -2.16. The fraction of sp³-hybridized carbons (Fsp3) is 0.485. The molecule has 1 saturated carbocycles. The number of aliphatic hydroxyl groups is 12. The van der Waals surface area contributed by atoms with Crippen molar-refractivity contribution < 1.29 is 103 Å². The van der Waals surface area contributed by atoms with E-state index in [9.17, 15) is 18.3 Å². The minimum absolute atomic E-state index is 0.00424. The number of furan rings is 1. The van der Waals surface area contributed by atoms with Crippen molar-refractivity contribution in [3.63, 3.8) is 0 Å². The standard InChI is InChI=1S/C9H13NO.C9H12O3.C9H16O.C8H10O2.C7H8O2.C6H12OSi.C5H10O2.C5H6O2.C3H4O.C2H3F3O.C2H6O.CH4O/c1-10(2)9-5-3-4-8(6-9)7-11;1-11-8-3-4-9(12-2)7(5-8)6-10;1-6(2)5-7-8(10)9(7,3)4;1-10-8-4-2-7(6-9)3-5-8;8-5-6-1-3-7(9)4-2-6;1-8(2,3)6-4-5-7;2*6-4-5-2-1-3-7-5;1-2-3-4;3-2(4,5)1-6;1-2-3;1-2/h3-6,11H,7H2,1-2H3;3-5,10H,6H2,1-2H3;5-6,8,10H,1-4H3;2-5,9H,6H2,1H3;1-4,8-9H,5H2;7H,5H2,1-3H3;5-6H,1-4H2;1-3,6H,4H2;1,4H,3H2;6H,1H2;3H,2H2,1H3;2H,1H3/b;;7-5+;;;;;;;;;. The molecule has 13 N–H and O–H groups in total. The van der Waals surface area contributed by atoms with Gasteiger partial charge < -0.3 is 94.6 Å². The van der Waals surface area contributed by atoms with Gasteiger partial charge in [-0.25, -0.2) is 0 Å². The van der Waals surface area contributed by atoms with Crippen LogP contribution in [0.5, 0.6) is 23.0 Å². The molecule has 23 heteroatoms. The van der Waals surface area contributed by atoms with Gasteiger partial charge in [0.25, 0.3) is 0 Å². The van der Waals surface area contributed by atoms with Gasteiger partial charge in [0.05, 0.1) is 72.8 Å². The van der Waals surface area contributed by atoms with Crippen LogP contribution >= 0.6 is 0 Å². The summed E-state index contributed by atoms with van der Waals surface area (Å²) in [6, 6.07) is 30.4. The summed E-state index contributed by atoms with van der Waals surface area (Å²) in [7, 11) is 8.54. The number of terminal acetylenes is 1. The Labute approximate surface area is 527 Å². The number of hydrogen-bond acceptors (Lipinski definition) is 19. The maximum Gasteiger partial charge on any atom is 0.411 e. The van der Waals surface area contributed by atoms with Crippen LogP contribution in [-0.4, -0.2) is 175 Å². The summed E-state index contributed by atoms with van der Waals surface area (Å²) in [6.45, 7) is 16.1. The molecule has 0 amide bonds. The highest BCUT2D eigenvalue weighted by Crippen LogP contribution is 2.51. The Morgan fingerprint density at radius 3 is 1.49 bits per heavy atom. The van der Waals surface area contributed by atoms with Crippen LogP contribution in [-0.2, 0) is 37.8 Å². The number of anilines is 1. The third-order valence-electron chi connectivity index (χ3n) is 10.7. The zero-order valence-electron chi connectivity index (χ0n) is 54.4. The first-order chi connectivity index (χ1) is 42.0. The zero-order chi connectivity index (χ0) is 69.4. The van der Waals surface area contributed by atoms with E-state index >= 15 is 0 Å². The lowest BCUT2D eigenvalue weighted by molar-refractivity contribution is -0.159. The van der Waals surface area contributed by atoms with Crippen LogP contribution in [0.1, 0.15) is 75.5 Å². The van der Waals surface area contributed by atoms with Crippen LogP contribution in [0.25, 0.3) is 0 Å². The largest absolute Gasteiger partial charge is 0.508 e. The molecule has 1 aromatic heterocycles. The van der Waals surface area contributed by atoms with Crippen LogP contribution in [0.2, 0.25) is 19.6 Å². The number of nitrogens with zero attached hydrogens (tertiary/aromatic N) is 1. The van der Waals surface area contributed by atoms with Gasteiger partial charge in [-0.3, -0.25) is 0 Å². The summed E-state index contributed by atoms with van der Waals surface area (Å²) in [5.41, 5.74) is 8.82. The Hall–Kier alpha value is -6.49. The van der Waals surface area contributed by atoms with Gasteiger partial charge in [-0.1, -0.05) is 102 Å². The molecule has 2 unspecified atom stereocenters. The van der Waals surface area contributed by atoms with E-state index in [4.69, 9.17) is 84.6 Å². The summed E-state index contributed by atoms with van der Waals surface area (Å²) in [5, 5.41) is 108. The van der Waals surface area contributed by atoms with E-state index in [1.807, 2.05) is 73.4 Å². The Morgan fingerprint density at radius 1 is 0.719 bits per heavy atom. The molecule has 19 nitrogen and oxygen atoms in total. The molecule has 506 valence electrons. The van der Waals surface area contributed by atoms with Crippen molar-refractivity contribution in [1.82, 2.24) is 0 Å². The Bertz CT molecular complexity index is 2510. The smallest absolute Gasteiger partial charge is 0.411 e. The maximum absolute atomic E-state index is 10.5. The van der Waals surface area contributed by atoms with Crippen molar-refractivity contribution in [1.29, 1.82) is 0 Å². The molecule has 1 aliphatic carbocycles. The topological polar surface area (TPSA) is 316 Å². The van der Waals surface area contributed by atoms with E-state index in [0.29, 0.717) is 17.4 Å². The number of phenolic OH excluding ortho intramolecular Hbond substituents is 1. The molecule has 2 fully saturated rings. The van der Waals surface area contributed by atoms with Crippen molar-refractivity contribution in [3.8, 4) is 46.8 Å². The molecule has 0 spiro atoms. The van der Waals surface area contributed by atoms with Crippen LogP contribution < -0.4 is 19.1 Å². The number of ether oxygens (including phenoxy) is 4. The van der Waals surface area contributed by atoms with Gasteiger partial charge in [0.1, 0.15) is 63.3 Å². The molecule has 1 saturated heterocycles. The number of allylic oxidation sites excluding steroid dienone is 1. The first-order valence-corrected chi connectivity index (χ1v) is 31.5. The van der Waals surface area contributed by atoms with Gasteiger partial charge in [0.2, 0.25) is 0 Å². The second-order valence-electron chi connectivity index (χ2n) is 20.1. The fourth-order valence-corrected chi connectivity index (χ4v) is 6.60. The van der Waals surface area contributed by atoms with E-state index in [1.54, 1.807) is 82.9 Å². The second-order valence-corrected chi connectivity index (χ2v) is 24.8. The predicted molar refractivity (Wildman–Crippen MR) is 347 cm³/mol. The third kappa shape index (κ3) is 52.0. The van der Waals surface area contributed by atoms with Crippen LogP contribution in [0.3, 0.4) is 0 Å². The molecule has 5 aromatic rings. The van der Waals surface area contributed by atoms with Gasteiger partial charge in [-0.05, 0) is 115 Å². The average Bonchev–Trinajstić information content (AvgIpc) is 1.74. The highest BCUT2D eigenvalue weighted by atomic mass is 28.3. The van der Waals surface area contributed by atoms with Crippen molar-refractivity contribution >= 4 is 13.8 Å². The highest BCUT2D eigenvalue weighted by Gasteiger charge is 2.51. The molecule has 1 aliphatic heterocycles. The molecular weight excluding hydrogens is 1180 g/mol. The molecule has 0 radical (unpaired) electrons. The average molecular weight is 1280 g/mol. The first kappa shape index (κ1) is 91.2. The number of benzene rings is 4. The van der Waals surface area contributed by atoms with E-state index in [1.165, 1.54) is 11.8 Å². The van der Waals surface area contributed by atoms with E-state index in [-0.39, 0.29) is 82.8 Å². The lowest BCUT2D eigenvalue weighted by Gasteiger charge is -2.12. The number of rotatable bonds is 11. The molecule has 0 bridgehead atoms. The molecule has 4 aromatic carbocycles. The number of methoxy groups -OCH3 is 3. The van der Waals surface area contributed by atoms with Crippen LogP contribution in [0, 0.1) is 35.1 Å². The van der Waals surface area contributed by atoms with Gasteiger partial charge in [0.15, 0.2) is 0 Å². The second kappa shape index (κ2) is 56.7. The fourth-order valence-electron chi connectivity index (χ4n) is 5.99. The lowest BCUT2D eigenvalue weighted by atomic mass is 10.1. The Balaban J connectivity index is -0.000000294. The van der Waals surface area contributed by atoms with Gasteiger partial charge in [0, 0.05) is 51.1 Å². The SMILES string of the molecule is C#CCO.CC(C)/C=C1\C(O)C1(C)C.CCO.CN(C)c1cccc(CO)c1.CO.COc1ccc(CO)cc1.COc1ccc(OC)c(CO)c1.C[Si](C)(C)C#CCO.OCC(F)(F)F.OCC1CCCO1.OCc1ccc(O)cc1.OCc1ccco1. The molecular formula is C66H104F3NO18Si. The quantitative estimate of drug-likeness (QED) is 0.0338. The first-order valence-electron chi connectivity index (χ1n) is 28.0. The van der Waals surface area contributed by atoms with Crippen molar-refractivity contribution in [2.24, 2.45) is 11.3 Å². The zero-order valence-corrected chi connectivity index (χ0v) is 55.4. The van der Waals surface area contributed by atoms with Crippen LogP contribution in [0.4, 0.5) is 18.9 Å². The van der Waals surface area contributed by atoms with Crippen molar-refractivity contribution in [2.45, 2.75) is 119 Å². The van der Waals surface area contributed by atoms with Gasteiger partial charge >= 0.3 is 6.18 Å². The minimum Gasteiger partial charge on any atom is -0.508 e. The number of aromatic hydroxyl groups is 1. The number of alkyl halides is 3. The normalized spacial score (nSPS) is 13.7. The summed E-state index contributed by atoms with van der Waals surface area (Å²) in [6.07, 6.45) is 5.95. The number of aliphatic hydroxyl groups excluding tert-OH is 12. The van der Waals surface area contributed by atoms with Gasteiger partial charge in [-0.2, -0.15) is 13.2 Å². The number of halogens is 3. The molecule has 2 aliphatic rings.